The summed E-state index contributed by atoms with van der Waals surface area (Å²) in [5.74, 6) is 0.0244. The SMILES string of the molecule is CC(C)Cn1c(CN(C(=O)c2cccs2)C2CC2)cnc1S(=O)(=O)Cc1cccc(Cl)c1. The predicted octanol–water partition coefficient (Wildman–Crippen LogP) is 5.03. The molecule has 0 radical (unpaired) electrons. The van der Waals surface area contributed by atoms with Crippen LogP contribution >= 0.6 is 22.9 Å². The van der Waals surface area contributed by atoms with Crippen LogP contribution in [0, 0.1) is 5.92 Å². The monoisotopic (exact) mass is 491 g/mol. The van der Waals surface area contributed by atoms with Crippen LogP contribution in [0.1, 0.15) is 47.6 Å². The van der Waals surface area contributed by atoms with E-state index in [1.54, 1.807) is 35.0 Å². The summed E-state index contributed by atoms with van der Waals surface area (Å²) in [7, 11) is -3.70. The van der Waals surface area contributed by atoms with Crippen LogP contribution in [0.3, 0.4) is 0 Å². The van der Waals surface area contributed by atoms with E-state index in [1.165, 1.54) is 11.3 Å². The zero-order valence-electron chi connectivity index (χ0n) is 18.1. The topological polar surface area (TPSA) is 72.3 Å². The van der Waals surface area contributed by atoms with Gasteiger partial charge in [0, 0.05) is 17.6 Å². The number of carbonyl (C=O) groups excluding carboxylic acids is 1. The molecule has 1 saturated carbocycles. The van der Waals surface area contributed by atoms with E-state index in [4.69, 9.17) is 11.6 Å². The Balaban J connectivity index is 1.65. The van der Waals surface area contributed by atoms with Crippen LogP contribution in [0.5, 0.6) is 0 Å². The fourth-order valence-corrected chi connectivity index (χ4v) is 6.09. The van der Waals surface area contributed by atoms with Gasteiger partial charge in [-0.2, -0.15) is 0 Å². The third-order valence-electron chi connectivity index (χ3n) is 5.29. The van der Waals surface area contributed by atoms with Gasteiger partial charge in [-0.3, -0.25) is 4.79 Å². The number of benzene rings is 1. The molecule has 2 heterocycles. The highest BCUT2D eigenvalue weighted by Gasteiger charge is 2.35. The highest BCUT2D eigenvalue weighted by molar-refractivity contribution is 7.90. The minimum atomic E-state index is -3.70. The van der Waals surface area contributed by atoms with Crippen LogP contribution in [-0.4, -0.2) is 34.8 Å². The Hall–Kier alpha value is -2.16. The van der Waals surface area contributed by atoms with Gasteiger partial charge in [-0.05, 0) is 47.9 Å². The molecule has 9 heteroatoms. The van der Waals surface area contributed by atoms with Crippen molar-refractivity contribution in [1.29, 1.82) is 0 Å². The maximum Gasteiger partial charge on any atom is 0.264 e. The second kappa shape index (κ2) is 9.37. The van der Waals surface area contributed by atoms with Crippen LogP contribution in [0.2, 0.25) is 5.02 Å². The number of imidazole rings is 1. The molecule has 170 valence electrons. The fraction of sp³-hybridized carbons (Fsp3) is 0.391. The van der Waals surface area contributed by atoms with Crippen molar-refractivity contribution in [3.8, 4) is 0 Å². The van der Waals surface area contributed by atoms with Gasteiger partial charge in [-0.1, -0.05) is 43.6 Å². The lowest BCUT2D eigenvalue weighted by atomic mass is 10.2. The first-order chi connectivity index (χ1) is 15.2. The minimum absolute atomic E-state index is 0.0110. The molecule has 6 nitrogen and oxygen atoms in total. The van der Waals surface area contributed by atoms with E-state index < -0.39 is 9.84 Å². The molecule has 0 bridgehead atoms. The summed E-state index contributed by atoms with van der Waals surface area (Å²) in [5.41, 5.74) is 1.35. The molecule has 0 N–H and O–H groups in total. The Morgan fingerprint density at radius 3 is 2.69 bits per heavy atom. The van der Waals surface area contributed by atoms with Crippen LogP contribution in [-0.2, 0) is 28.7 Å². The number of amides is 1. The van der Waals surface area contributed by atoms with Crippen molar-refractivity contribution in [3.05, 3.63) is 69.1 Å². The van der Waals surface area contributed by atoms with Gasteiger partial charge in [0.25, 0.3) is 5.91 Å². The third kappa shape index (κ3) is 5.24. The van der Waals surface area contributed by atoms with Crippen molar-refractivity contribution in [3.63, 3.8) is 0 Å². The molecule has 1 fully saturated rings. The summed E-state index contributed by atoms with van der Waals surface area (Å²) in [6, 6.07) is 10.7. The maximum atomic E-state index is 13.3. The zero-order chi connectivity index (χ0) is 22.9. The largest absolute Gasteiger partial charge is 0.329 e. The normalized spacial score (nSPS) is 14.1. The van der Waals surface area contributed by atoms with Gasteiger partial charge < -0.3 is 9.47 Å². The number of halogens is 1. The molecular weight excluding hydrogens is 466 g/mol. The van der Waals surface area contributed by atoms with E-state index in [0.717, 1.165) is 18.5 Å². The molecule has 0 spiro atoms. The van der Waals surface area contributed by atoms with E-state index in [2.05, 4.69) is 4.98 Å². The van der Waals surface area contributed by atoms with Gasteiger partial charge >= 0.3 is 0 Å². The summed E-state index contributed by atoms with van der Waals surface area (Å²) >= 11 is 7.46. The molecule has 2 aromatic heterocycles. The number of nitrogens with zero attached hydrogens (tertiary/aromatic N) is 3. The van der Waals surface area contributed by atoms with Gasteiger partial charge in [-0.15, -0.1) is 11.3 Å². The molecule has 0 unspecified atom stereocenters. The minimum Gasteiger partial charge on any atom is -0.329 e. The summed E-state index contributed by atoms with van der Waals surface area (Å²) in [5, 5.41) is 2.43. The number of carbonyl (C=O) groups is 1. The number of rotatable bonds is 9. The van der Waals surface area contributed by atoms with Crippen molar-refractivity contribution in [1.82, 2.24) is 14.5 Å². The van der Waals surface area contributed by atoms with Crippen molar-refractivity contribution in [2.45, 2.75) is 56.7 Å². The van der Waals surface area contributed by atoms with Crippen LogP contribution in [0.4, 0.5) is 0 Å². The predicted molar refractivity (Wildman–Crippen MR) is 127 cm³/mol. The lowest BCUT2D eigenvalue weighted by molar-refractivity contribution is 0.0730. The smallest absolute Gasteiger partial charge is 0.264 e. The van der Waals surface area contributed by atoms with Gasteiger partial charge in [0.15, 0.2) is 0 Å². The molecule has 4 rings (SSSR count). The fourth-order valence-electron chi connectivity index (χ4n) is 3.71. The molecule has 1 aromatic carbocycles. The highest BCUT2D eigenvalue weighted by atomic mass is 35.5. The second-order valence-corrected chi connectivity index (χ2v) is 11.8. The summed E-state index contributed by atoms with van der Waals surface area (Å²) < 4.78 is 28.3. The van der Waals surface area contributed by atoms with Gasteiger partial charge in [0.2, 0.25) is 15.0 Å². The molecule has 1 aliphatic rings. The number of hydrogen-bond donors (Lipinski definition) is 0. The molecular formula is C23H26ClN3O3S2. The Morgan fingerprint density at radius 1 is 1.28 bits per heavy atom. The number of thiophene rings is 1. The lowest BCUT2D eigenvalue weighted by Crippen LogP contribution is -2.33. The number of aromatic nitrogens is 2. The summed E-state index contributed by atoms with van der Waals surface area (Å²) in [6.07, 6.45) is 3.54. The average Bonchev–Trinajstić information content (AvgIpc) is 3.25. The van der Waals surface area contributed by atoms with Crippen LogP contribution in [0.15, 0.2) is 53.1 Å². The number of sulfone groups is 1. The molecule has 32 heavy (non-hydrogen) atoms. The standard InChI is InChI=1S/C23H26ClN3O3S2/c1-16(2)13-27-20(14-26(19-8-9-19)22(28)21-7-4-10-31-21)12-25-23(27)32(29,30)15-17-5-3-6-18(24)11-17/h3-7,10-12,16,19H,8-9,13-15H2,1-2H3. The van der Waals surface area contributed by atoms with Gasteiger partial charge in [-0.25, -0.2) is 13.4 Å². The summed E-state index contributed by atoms with van der Waals surface area (Å²) in [6.45, 7) is 4.91. The number of hydrogen-bond acceptors (Lipinski definition) is 5. The Labute approximate surface area is 197 Å². The van der Waals surface area contributed by atoms with Crippen molar-refractivity contribution < 1.29 is 13.2 Å². The average molecular weight is 492 g/mol. The molecule has 1 amide bonds. The quantitative estimate of drug-likeness (QED) is 0.420. The van der Waals surface area contributed by atoms with E-state index in [9.17, 15) is 13.2 Å². The first-order valence-electron chi connectivity index (χ1n) is 10.6. The first kappa shape index (κ1) is 23.0. The third-order valence-corrected chi connectivity index (χ3v) is 7.97. The Morgan fingerprint density at radius 2 is 2.06 bits per heavy atom. The molecule has 1 aliphatic carbocycles. The van der Waals surface area contributed by atoms with Gasteiger partial charge in [0.05, 0.1) is 29.1 Å². The Bertz CT molecular complexity index is 1200. The molecule has 0 saturated heterocycles. The maximum absolute atomic E-state index is 13.3. The second-order valence-electron chi connectivity index (χ2n) is 8.57. The Kier molecular flexibility index (Phi) is 6.74. The van der Waals surface area contributed by atoms with Crippen molar-refractivity contribution in [2.24, 2.45) is 5.92 Å². The highest BCUT2D eigenvalue weighted by Crippen LogP contribution is 2.31. The van der Waals surface area contributed by atoms with E-state index in [0.29, 0.717) is 28.6 Å². The van der Waals surface area contributed by atoms with Crippen molar-refractivity contribution >= 4 is 38.7 Å². The lowest BCUT2D eigenvalue weighted by Gasteiger charge is -2.23. The van der Waals surface area contributed by atoms with E-state index in [-0.39, 0.29) is 28.8 Å². The van der Waals surface area contributed by atoms with E-state index in [1.807, 2.05) is 36.3 Å². The van der Waals surface area contributed by atoms with Crippen LogP contribution in [0.25, 0.3) is 0 Å². The molecule has 3 aromatic rings. The first-order valence-corrected chi connectivity index (χ1v) is 13.5. The van der Waals surface area contributed by atoms with E-state index >= 15 is 0 Å². The van der Waals surface area contributed by atoms with Crippen LogP contribution < -0.4 is 0 Å². The van der Waals surface area contributed by atoms with Crippen molar-refractivity contribution in [2.75, 3.05) is 0 Å². The molecule has 0 aliphatic heterocycles. The summed E-state index contributed by atoms with van der Waals surface area (Å²) in [4.78, 5) is 19.9. The van der Waals surface area contributed by atoms with Gasteiger partial charge in [0.1, 0.15) is 0 Å². The molecule has 0 atom stereocenters. The zero-order valence-corrected chi connectivity index (χ0v) is 20.5.